The predicted molar refractivity (Wildman–Crippen MR) is 103 cm³/mol. The molecule has 0 bridgehead atoms. The van der Waals surface area contributed by atoms with Gasteiger partial charge < -0.3 is 9.64 Å². The summed E-state index contributed by atoms with van der Waals surface area (Å²) in [6, 6.07) is 6.89. The van der Waals surface area contributed by atoms with Crippen molar-refractivity contribution in [1.29, 1.82) is 0 Å². The van der Waals surface area contributed by atoms with Crippen LogP contribution in [0.4, 0.5) is 5.69 Å². The van der Waals surface area contributed by atoms with Gasteiger partial charge in [0, 0.05) is 41.6 Å². The van der Waals surface area contributed by atoms with Crippen molar-refractivity contribution in [2.75, 3.05) is 17.8 Å². The van der Waals surface area contributed by atoms with E-state index < -0.39 is 0 Å². The number of hydrogen-bond donors (Lipinski definition) is 0. The van der Waals surface area contributed by atoms with E-state index >= 15 is 0 Å². The molecule has 1 aliphatic carbocycles. The van der Waals surface area contributed by atoms with E-state index in [1.165, 1.54) is 49.0 Å². The van der Waals surface area contributed by atoms with Gasteiger partial charge in [0.1, 0.15) is 0 Å². The fourth-order valence-electron chi connectivity index (χ4n) is 5.35. The highest BCUT2D eigenvalue weighted by atomic mass is 32.2. The molecule has 3 aliphatic rings. The minimum atomic E-state index is 0.165. The number of rotatable bonds is 2. The average Bonchev–Trinajstić information content (AvgIpc) is 2.67. The Hall–Kier alpha value is -1.00. The normalized spacial score (nSPS) is 29.8. The van der Waals surface area contributed by atoms with Crippen LogP contribution in [0.2, 0.25) is 0 Å². The van der Waals surface area contributed by atoms with E-state index in [0.717, 1.165) is 18.7 Å². The summed E-state index contributed by atoms with van der Waals surface area (Å²) >= 11 is 1.76. The van der Waals surface area contributed by atoms with Gasteiger partial charge in [0.05, 0.1) is 6.10 Å². The van der Waals surface area contributed by atoms with Gasteiger partial charge in [-0.1, -0.05) is 19.3 Å². The first kappa shape index (κ1) is 17.4. The lowest BCUT2D eigenvalue weighted by Crippen LogP contribution is -2.54. The average molecular weight is 360 g/mol. The van der Waals surface area contributed by atoms with Gasteiger partial charge in [-0.25, -0.2) is 0 Å². The summed E-state index contributed by atoms with van der Waals surface area (Å²) in [5, 5.41) is 0. The maximum absolute atomic E-state index is 12.7. The molecule has 3 nitrogen and oxygen atoms in total. The van der Waals surface area contributed by atoms with E-state index in [1.807, 2.05) is 0 Å². The van der Waals surface area contributed by atoms with Crippen molar-refractivity contribution in [2.45, 2.75) is 68.9 Å². The molecule has 0 aromatic heterocycles. The zero-order chi connectivity index (χ0) is 17.4. The zero-order valence-electron chi connectivity index (χ0n) is 15.4. The number of fused-ring (bicyclic) bond motifs is 3. The van der Waals surface area contributed by atoms with E-state index in [1.54, 1.807) is 18.7 Å². The van der Waals surface area contributed by atoms with Crippen LogP contribution in [-0.4, -0.2) is 24.8 Å². The molecule has 4 rings (SSSR count). The van der Waals surface area contributed by atoms with Gasteiger partial charge in [0.2, 0.25) is 5.91 Å². The molecular weight excluding hydrogens is 330 g/mol. The Bertz CT molecular complexity index is 641. The van der Waals surface area contributed by atoms with Crippen molar-refractivity contribution in [2.24, 2.45) is 11.8 Å². The molecule has 0 spiro atoms. The molecule has 1 amide bonds. The first-order chi connectivity index (χ1) is 12.2. The minimum Gasteiger partial charge on any atom is -0.373 e. The number of carbonyl (C=O) groups is 1. The number of anilines is 1. The first-order valence-electron chi connectivity index (χ1n) is 9.80. The molecule has 1 aromatic carbocycles. The second kappa shape index (κ2) is 7.32. The Balaban J connectivity index is 1.81. The van der Waals surface area contributed by atoms with Crippen molar-refractivity contribution < 1.29 is 9.53 Å². The first-order valence-corrected chi connectivity index (χ1v) is 11.0. The van der Waals surface area contributed by atoms with Gasteiger partial charge in [-0.05, 0) is 56.1 Å². The van der Waals surface area contributed by atoms with E-state index in [9.17, 15) is 4.79 Å². The summed E-state index contributed by atoms with van der Waals surface area (Å²) in [5.74, 6) is 1.27. The second-order valence-electron chi connectivity index (χ2n) is 7.80. The number of amides is 1. The summed E-state index contributed by atoms with van der Waals surface area (Å²) in [6.45, 7) is 2.59. The third kappa shape index (κ3) is 3.12. The molecule has 0 unspecified atom stereocenters. The van der Waals surface area contributed by atoms with E-state index in [-0.39, 0.29) is 12.0 Å². The van der Waals surface area contributed by atoms with Crippen molar-refractivity contribution in [1.82, 2.24) is 0 Å². The topological polar surface area (TPSA) is 29.5 Å². The largest absolute Gasteiger partial charge is 0.373 e. The maximum atomic E-state index is 12.7. The standard InChI is InChI=1S/C21H29NO2S/c1-14(23)22-19-11-10-16(25-2)13-18(19)21-17(9-6-12-24-21)20(22)15-7-4-3-5-8-15/h10-11,13,15,17,20-21H,3-9,12H2,1-2H3/t17-,20+,21-/m0/s1. The van der Waals surface area contributed by atoms with Crippen LogP contribution in [-0.2, 0) is 9.53 Å². The van der Waals surface area contributed by atoms with Crippen LogP contribution in [0.1, 0.15) is 63.5 Å². The third-order valence-electron chi connectivity index (χ3n) is 6.38. The molecule has 3 atom stereocenters. The Morgan fingerprint density at radius 2 is 1.96 bits per heavy atom. The lowest BCUT2D eigenvalue weighted by molar-refractivity contribution is -0.119. The summed E-state index contributed by atoms with van der Waals surface area (Å²) in [5.41, 5.74) is 2.34. The van der Waals surface area contributed by atoms with Crippen LogP contribution in [0.5, 0.6) is 0 Å². The Morgan fingerprint density at radius 1 is 1.16 bits per heavy atom. The fourth-order valence-corrected chi connectivity index (χ4v) is 5.80. The van der Waals surface area contributed by atoms with Crippen molar-refractivity contribution in [3.8, 4) is 0 Å². The number of benzene rings is 1. The van der Waals surface area contributed by atoms with Gasteiger partial charge in [0.25, 0.3) is 0 Å². The molecule has 25 heavy (non-hydrogen) atoms. The number of thioether (sulfide) groups is 1. The Morgan fingerprint density at radius 3 is 2.68 bits per heavy atom. The van der Waals surface area contributed by atoms with Crippen LogP contribution in [0.25, 0.3) is 0 Å². The van der Waals surface area contributed by atoms with Crippen LogP contribution >= 0.6 is 11.8 Å². The molecule has 2 aliphatic heterocycles. The molecule has 0 N–H and O–H groups in total. The number of ether oxygens (including phenoxy) is 1. The van der Waals surface area contributed by atoms with Crippen LogP contribution in [0, 0.1) is 11.8 Å². The molecular formula is C21H29NO2S. The van der Waals surface area contributed by atoms with Crippen LogP contribution in [0.15, 0.2) is 23.1 Å². The van der Waals surface area contributed by atoms with Gasteiger partial charge >= 0.3 is 0 Å². The highest BCUT2D eigenvalue weighted by molar-refractivity contribution is 7.98. The summed E-state index contributed by atoms with van der Waals surface area (Å²) < 4.78 is 6.31. The molecule has 2 heterocycles. The SMILES string of the molecule is CSc1ccc2c(c1)[C@H]1OCCC[C@H]1[C@@H](C1CCCCC1)N2C(C)=O. The highest BCUT2D eigenvalue weighted by Gasteiger charge is 2.47. The van der Waals surface area contributed by atoms with E-state index in [4.69, 9.17) is 4.74 Å². The lowest BCUT2D eigenvalue weighted by Gasteiger charge is -2.51. The number of hydrogen-bond acceptors (Lipinski definition) is 3. The van der Waals surface area contributed by atoms with E-state index in [0.29, 0.717) is 17.9 Å². The molecule has 2 fully saturated rings. The summed E-state index contributed by atoms with van der Waals surface area (Å²) in [4.78, 5) is 16.1. The van der Waals surface area contributed by atoms with Gasteiger partial charge in [-0.2, -0.15) is 0 Å². The van der Waals surface area contributed by atoms with Crippen molar-refractivity contribution in [3.05, 3.63) is 23.8 Å². The van der Waals surface area contributed by atoms with Gasteiger partial charge in [-0.15, -0.1) is 11.8 Å². The van der Waals surface area contributed by atoms with Gasteiger partial charge in [0.15, 0.2) is 0 Å². The number of carbonyl (C=O) groups excluding carboxylic acids is 1. The minimum absolute atomic E-state index is 0.165. The van der Waals surface area contributed by atoms with Crippen LogP contribution in [0.3, 0.4) is 0 Å². The molecule has 1 saturated carbocycles. The second-order valence-corrected chi connectivity index (χ2v) is 8.68. The quantitative estimate of drug-likeness (QED) is 0.681. The maximum Gasteiger partial charge on any atom is 0.224 e. The molecule has 0 radical (unpaired) electrons. The Kier molecular flexibility index (Phi) is 5.10. The molecule has 136 valence electrons. The number of nitrogens with zero attached hydrogens (tertiary/aromatic N) is 1. The smallest absolute Gasteiger partial charge is 0.224 e. The molecule has 4 heteroatoms. The highest BCUT2D eigenvalue weighted by Crippen LogP contribution is 2.51. The molecule has 1 aromatic rings. The van der Waals surface area contributed by atoms with Crippen molar-refractivity contribution >= 4 is 23.4 Å². The Labute approximate surface area is 155 Å². The predicted octanol–water partition coefficient (Wildman–Crippen LogP) is 5.19. The zero-order valence-corrected chi connectivity index (χ0v) is 16.2. The summed E-state index contributed by atoms with van der Waals surface area (Å²) in [7, 11) is 0. The van der Waals surface area contributed by atoms with E-state index in [2.05, 4.69) is 29.4 Å². The van der Waals surface area contributed by atoms with Gasteiger partial charge in [-0.3, -0.25) is 4.79 Å². The third-order valence-corrected chi connectivity index (χ3v) is 7.10. The monoisotopic (exact) mass is 359 g/mol. The van der Waals surface area contributed by atoms with Crippen molar-refractivity contribution in [3.63, 3.8) is 0 Å². The summed E-state index contributed by atoms with van der Waals surface area (Å²) in [6.07, 6.45) is 11.1. The molecule has 1 saturated heterocycles. The lowest BCUT2D eigenvalue weighted by atomic mass is 9.70. The van der Waals surface area contributed by atoms with Crippen LogP contribution < -0.4 is 4.90 Å². The fraction of sp³-hybridized carbons (Fsp3) is 0.667.